The van der Waals surface area contributed by atoms with E-state index in [1.54, 1.807) is 11.0 Å². The molecule has 0 fully saturated rings. The van der Waals surface area contributed by atoms with Crippen LogP contribution in [0.2, 0.25) is 0 Å². The lowest BCUT2D eigenvalue weighted by molar-refractivity contribution is 0.520. The minimum atomic E-state index is 0.565. The zero-order valence-corrected chi connectivity index (χ0v) is 8.53. The highest BCUT2D eigenvalue weighted by Gasteiger charge is 2.05. The largest absolute Gasteiger partial charge is 0.307 e. The third-order valence-electron chi connectivity index (χ3n) is 2.09. The third-order valence-corrected chi connectivity index (χ3v) is 2.09. The summed E-state index contributed by atoms with van der Waals surface area (Å²) in [5.41, 5.74) is 3.37. The van der Waals surface area contributed by atoms with Gasteiger partial charge in [0.2, 0.25) is 0 Å². The molecule has 0 amide bonds. The maximum Gasteiger partial charge on any atom is 0.0510 e. The summed E-state index contributed by atoms with van der Waals surface area (Å²) in [5, 5.41) is 4.13. The quantitative estimate of drug-likeness (QED) is 0.730. The lowest BCUT2D eigenvalue weighted by atomic mass is 10.1. The van der Waals surface area contributed by atoms with Crippen molar-refractivity contribution < 1.29 is 0 Å². The minimum Gasteiger partial charge on any atom is -0.307 e. The smallest absolute Gasteiger partial charge is 0.0510 e. The van der Waals surface area contributed by atoms with Crippen molar-refractivity contribution >= 4 is 0 Å². The van der Waals surface area contributed by atoms with Gasteiger partial charge in [0.1, 0.15) is 0 Å². The number of aromatic nitrogens is 2. The predicted octanol–water partition coefficient (Wildman–Crippen LogP) is 2.40. The average molecular weight is 181 g/mol. The van der Waals surface area contributed by atoms with Crippen LogP contribution in [0.3, 0.4) is 0 Å². The van der Waals surface area contributed by atoms with Crippen LogP contribution >= 0.6 is 0 Å². The van der Waals surface area contributed by atoms with E-state index in [0.717, 1.165) is 0 Å². The summed E-state index contributed by atoms with van der Waals surface area (Å²) < 4.78 is 0. The lowest BCUT2D eigenvalue weighted by Crippen LogP contribution is -2.28. The van der Waals surface area contributed by atoms with Crippen LogP contribution in [0.25, 0.3) is 0 Å². The van der Waals surface area contributed by atoms with Crippen LogP contribution in [0.4, 0.5) is 0 Å². The van der Waals surface area contributed by atoms with E-state index in [-0.39, 0.29) is 0 Å². The van der Waals surface area contributed by atoms with Crippen molar-refractivity contribution in [1.82, 2.24) is 9.89 Å². The molecule has 0 atom stereocenters. The summed E-state index contributed by atoms with van der Waals surface area (Å²) in [5.74, 6) is 0. The molecular weight excluding hydrogens is 162 g/mol. The first kappa shape index (κ1) is 10.1. The molecule has 1 rings (SSSR count). The van der Waals surface area contributed by atoms with Gasteiger partial charge in [-0.2, -0.15) is 9.89 Å². The van der Waals surface area contributed by atoms with E-state index in [1.807, 2.05) is 12.3 Å². The average Bonchev–Trinajstić information content (AvgIpc) is 2.58. The topological polar surface area (TPSA) is 29.9 Å². The first-order valence-corrected chi connectivity index (χ1v) is 5.13. The Kier molecular flexibility index (Phi) is 4.36. The molecule has 3 nitrogen and oxygen atoms in total. The highest BCUT2D eigenvalue weighted by Crippen LogP contribution is 2.05. The Morgan fingerprint density at radius 1 is 1.31 bits per heavy atom. The molecule has 0 radical (unpaired) electrons. The Hall–Kier alpha value is -0.990. The summed E-state index contributed by atoms with van der Waals surface area (Å²) in [6, 6.07) is 2.50. The molecule has 0 aromatic carbocycles. The summed E-state index contributed by atoms with van der Waals surface area (Å²) in [7, 11) is 0. The van der Waals surface area contributed by atoms with Gasteiger partial charge < -0.3 is 5.43 Å². The molecule has 1 N–H and O–H groups in total. The Morgan fingerprint density at radius 3 is 2.46 bits per heavy atom. The molecule has 1 aromatic heterocycles. The van der Waals surface area contributed by atoms with Crippen molar-refractivity contribution in [2.45, 2.75) is 45.6 Å². The Morgan fingerprint density at radius 2 is 2.00 bits per heavy atom. The standard InChI is InChI=1S/C10H19N3/c1-3-6-10(7-4-2)12-13-9-5-8-11-13/h5,8-10,12H,3-4,6-7H2,1-2H3. The maximum absolute atomic E-state index is 4.13. The zero-order chi connectivity index (χ0) is 9.52. The molecule has 0 aliphatic heterocycles. The van der Waals surface area contributed by atoms with Crippen LogP contribution in [0.1, 0.15) is 39.5 Å². The number of nitrogens with one attached hydrogen (secondary N) is 1. The molecule has 0 saturated carbocycles. The molecule has 74 valence electrons. The fourth-order valence-corrected chi connectivity index (χ4v) is 1.50. The normalized spacial score (nSPS) is 10.7. The van der Waals surface area contributed by atoms with Gasteiger partial charge in [0.05, 0.1) is 6.20 Å². The summed E-state index contributed by atoms with van der Waals surface area (Å²) >= 11 is 0. The van der Waals surface area contributed by atoms with E-state index in [1.165, 1.54) is 25.7 Å². The second-order valence-electron chi connectivity index (χ2n) is 3.35. The second-order valence-corrected chi connectivity index (χ2v) is 3.35. The Labute approximate surface area is 80.1 Å². The van der Waals surface area contributed by atoms with E-state index < -0.39 is 0 Å². The van der Waals surface area contributed by atoms with Gasteiger partial charge in [0.25, 0.3) is 0 Å². The van der Waals surface area contributed by atoms with Crippen LogP contribution < -0.4 is 5.43 Å². The molecule has 13 heavy (non-hydrogen) atoms. The molecule has 0 saturated heterocycles. The van der Waals surface area contributed by atoms with Crippen molar-refractivity contribution in [3.63, 3.8) is 0 Å². The molecule has 1 aromatic rings. The van der Waals surface area contributed by atoms with Crippen LogP contribution in [-0.2, 0) is 0 Å². The predicted molar refractivity (Wildman–Crippen MR) is 55.2 cm³/mol. The molecular formula is C10H19N3. The number of nitrogens with zero attached hydrogens (tertiary/aromatic N) is 2. The summed E-state index contributed by atoms with van der Waals surface area (Å²) in [4.78, 5) is 1.80. The Balaban J connectivity index is 2.37. The van der Waals surface area contributed by atoms with Gasteiger partial charge in [0, 0.05) is 12.2 Å². The van der Waals surface area contributed by atoms with Crippen molar-refractivity contribution in [3.8, 4) is 0 Å². The van der Waals surface area contributed by atoms with Crippen LogP contribution in [0, 0.1) is 0 Å². The minimum absolute atomic E-state index is 0.565. The number of hydrogen-bond donors (Lipinski definition) is 1. The third kappa shape index (κ3) is 3.49. The van der Waals surface area contributed by atoms with Gasteiger partial charge in [0.15, 0.2) is 0 Å². The van der Waals surface area contributed by atoms with Crippen LogP contribution in [-0.4, -0.2) is 15.9 Å². The lowest BCUT2D eigenvalue weighted by Gasteiger charge is -2.17. The van der Waals surface area contributed by atoms with E-state index in [4.69, 9.17) is 0 Å². The molecule has 0 aliphatic carbocycles. The molecule has 1 heterocycles. The number of hydrogen-bond acceptors (Lipinski definition) is 2. The number of rotatable bonds is 6. The van der Waals surface area contributed by atoms with E-state index in [2.05, 4.69) is 24.4 Å². The van der Waals surface area contributed by atoms with Crippen LogP contribution in [0.15, 0.2) is 18.5 Å². The van der Waals surface area contributed by atoms with E-state index >= 15 is 0 Å². The molecule has 0 bridgehead atoms. The van der Waals surface area contributed by atoms with E-state index in [0.29, 0.717) is 6.04 Å². The van der Waals surface area contributed by atoms with Crippen molar-refractivity contribution in [1.29, 1.82) is 0 Å². The molecule has 0 spiro atoms. The fourth-order valence-electron chi connectivity index (χ4n) is 1.50. The summed E-state index contributed by atoms with van der Waals surface area (Å²) in [6.45, 7) is 4.43. The van der Waals surface area contributed by atoms with E-state index in [9.17, 15) is 0 Å². The van der Waals surface area contributed by atoms with Gasteiger partial charge in [-0.05, 0) is 18.9 Å². The van der Waals surface area contributed by atoms with Crippen LogP contribution in [0.5, 0.6) is 0 Å². The monoisotopic (exact) mass is 181 g/mol. The molecule has 3 heteroatoms. The maximum atomic E-state index is 4.13. The molecule has 0 aliphatic rings. The van der Waals surface area contributed by atoms with Gasteiger partial charge in [-0.3, -0.25) is 0 Å². The first-order valence-electron chi connectivity index (χ1n) is 5.13. The molecule has 0 unspecified atom stereocenters. The highest BCUT2D eigenvalue weighted by atomic mass is 15.6. The zero-order valence-electron chi connectivity index (χ0n) is 8.53. The van der Waals surface area contributed by atoms with Crippen molar-refractivity contribution in [3.05, 3.63) is 18.5 Å². The fraction of sp³-hybridized carbons (Fsp3) is 0.700. The van der Waals surface area contributed by atoms with Crippen molar-refractivity contribution in [2.24, 2.45) is 0 Å². The van der Waals surface area contributed by atoms with Gasteiger partial charge in [-0.15, -0.1) is 0 Å². The van der Waals surface area contributed by atoms with Crippen molar-refractivity contribution in [2.75, 3.05) is 5.43 Å². The summed E-state index contributed by atoms with van der Waals surface area (Å²) in [6.07, 6.45) is 8.61. The van der Waals surface area contributed by atoms with Gasteiger partial charge >= 0.3 is 0 Å². The first-order chi connectivity index (χ1) is 6.36. The van der Waals surface area contributed by atoms with Gasteiger partial charge in [-0.25, -0.2) is 0 Å². The SMILES string of the molecule is CCCC(CCC)Nn1cccn1. The highest BCUT2D eigenvalue weighted by molar-refractivity contribution is 4.85. The Bertz CT molecular complexity index is 200. The second kappa shape index (κ2) is 5.62. The van der Waals surface area contributed by atoms with Gasteiger partial charge in [-0.1, -0.05) is 26.7 Å².